The highest BCUT2D eigenvalue weighted by atomic mass is 15.2. The van der Waals surface area contributed by atoms with Gasteiger partial charge in [-0.25, -0.2) is 0 Å². The van der Waals surface area contributed by atoms with Crippen LogP contribution in [0, 0.1) is 11.3 Å². The first-order valence-corrected chi connectivity index (χ1v) is 7.08. The molecule has 1 heterocycles. The lowest BCUT2D eigenvalue weighted by Gasteiger charge is -2.40. The monoisotopic (exact) mass is 257 g/mol. The summed E-state index contributed by atoms with van der Waals surface area (Å²) >= 11 is 0. The van der Waals surface area contributed by atoms with Crippen LogP contribution in [0.15, 0.2) is 24.3 Å². The molecule has 1 aliphatic rings. The van der Waals surface area contributed by atoms with Crippen LogP contribution in [0.4, 0.5) is 5.69 Å². The molecule has 1 saturated heterocycles. The number of benzene rings is 1. The molecule has 0 aliphatic carbocycles. The largest absolute Gasteiger partial charge is 0.365 e. The zero-order chi connectivity index (χ0) is 13.8. The van der Waals surface area contributed by atoms with Crippen molar-refractivity contribution in [3.05, 3.63) is 29.8 Å². The summed E-state index contributed by atoms with van der Waals surface area (Å²) in [6.07, 6.45) is 0.575. The van der Waals surface area contributed by atoms with Crippen LogP contribution in [0.3, 0.4) is 0 Å². The summed E-state index contributed by atoms with van der Waals surface area (Å²) in [5, 5.41) is 12.4. The molecule has 2 unspecified atom stereocenters. The van der Waals surface area contributed by atoms with Crippen molar-refractivity contribution in [2.75, 3.05) is 18.0 Å². The summed E-state index contributed by atoms with van der Waals surface area (Å²) in [7, 11) is 0. The Balaban J connectivity index is 2.19. The summed E-state index contributed by atoms with van der Waals surface area (Å²) in [6.45, 7) is 8.47. The lowest BCUT2D eigenvalue weighted by atomic mass is 10.0. The maximum atomic E-state index is 8.96. The average Bonchev–Trinajstić information content (AvgIpc) is 2.41. The van der Waals surface area contributed by atoms with Gasteiger partial charge in [-0.3, -0.25) is 0 Å². The van der Waals surface area contributed by atoms with Gasteiger partial charge in [-0.05, 0) is 30.5 Å². The maximum absolute atomic E-state index is 8.96. The number of anilines is 1. The van der Waals surface area contributed by atoms with Crippen LogP contribution in [-0.4, -0.2) is 25.2 Å². The van der Waals surface area contributed by atoms with Crippen molar-refractivity contribution in [3.8, 4) is 6.07 Å². The van der Waals surface area contributed by atoms with E-state index in [-0.39, 0.29) is 6.04 Å². The van der Waals surface area contributed by atoms with Crippen LogP contribution in [-0.2, 0) is 0 Å². The van der Waals surface area contributed by atoms with E-state index in [9.17, 15) is 0 Å². The summed E-state index contributed by atoms with van der Waals surface area (Å²) in [4.78, 5) is 2.37. The topological polar surface area (TPSA) is 39.1 Å². The molecule has 1 aliphatic heterocycles. The molecule has 2 rings (SSSR count). The number of rotatable bonds is 3. The highest BCUT2D eigenvalue weighted by molar-refractivity contribution is 5.50. The van der Waals surface area contributed by atoms with Gasteiger partial charge in [0, 0.05) is 24.8 Å². The predicted molar refractivity (Wildman–Crippen MR) is 79.4 cm³/mol. The van der Waals surface area contributed by atoms with Crippen molar-refractivity contribution in [2.45, 2.75) is 45.2 Å². The molecule has 1 fully saturated rings. The van der Waals surface area contributed by atoms with Gasteiger partial charge in [0.05, 0.1) is 18.5 Å². The number of hydrogen-bond acceptors (Lipinski definition) is 3. The van der Waals surface area contributed by atoms with Crippen molar-refractivity contribution < 1.29 is 0 Å². The van der Waals surface area contributed by atoms with Gasteiger partial charge >= 0.3 is 0 Å². The van der Waals surface area contributed by atoms with E-state index >= 15 is 0 Å². The molecule has 3 heteroatoms. The second-order valence-corrected chi connectivity index (χ2v) is 5.72. The van der Waals surface area contributed by atoms with Crippen LogP contribution in [0.25, 0.3) is 0 Å². The summed E-state index contributed by atoms with van der Waals surface area (Å²) in [5.74, 6) is 0.561. The molecule has 19 heavy (non-hydrogen) atoms. The molecule has 0 radical (unpaired) electrons. The Kier molecular flexibility index (Phi) is 4.44. The highest BCUT2D eigenvalue weighted by Gasteiger charge is 2.25. The Labute approximate surface area is 116 Å². The minimum Gasteiger partial charge on any atom is -0.365 e. The number of piperazine rings is 1. The minimum absolute atomic E-state index is 0.283. The van der Waals surface area contributed by atoms with Crippen LogP contribution in [0.5, 0.6) is 0 Å². The minimum atomic E-state index is 0.283. The zero-order valence-electron chi connectivity index (χ0n) is 12.1. The number of nitriles is 1. The molecule has 1 N–H and O–H groups in total. The van der Waals surface area contributed by atoms with Crippen LogP contribution >= 0.6 is 0 Å². The first-order chi connectivity index (χ1) is 9.11. The second-order valence-electron chi connectivity index (χ2n) is 5.72. The van der Waals surface area contributed by atoms with Crippen LogP contribution < -0.4 is 10.2 Å². The molecular formula is C16H23N3. The van der Waals surface area contributed by atoms with E-state index in [2.05, 4.69) is 61.3 Å². The Hall–Kier alpha value is -1.53. The average molecular weight is 257 g/mol. The molecule has 0 spiro atoms. The number of nitrogens with one attached hydrogen (secondary N) is 1. The molecule has 0 saturated carbocycles. The van der Waals surface area contributed by atoms with Crippen molar-refractivity contribution in [1.82, 2.24) is 5.32 Å². The number of nitrogens with zero attached hydrogens (tertiary/aromatic N) is 2. The predicted octanol–water partition coefficient (Wildman–Crippen LogP) is 2.89. The molecule has 2 atom stereocenters. The fraction of sp³-hybridized carbons (Fsp3) is 0.562. The van der Waals surface area contributed by atoms with Crippen LogP contribution in [0.1, 0.15) is 38.7 Å². The van der Waals surface area contributed by atoms with Crippen molar-refractivity contribution in [3.63, 3.8) is 0 Å². The van der Waals surface area contributed by atoms with Crippen LogP contribution in [0.2, 0.25) is 0 Å². The first-order valence-electron chi connectivity index (χ1n) is 7.08. The van der Waals surface area contributed by atoms with Crippen molar-refractivity contribution >= 4 is 5.69 Å². The van der Waals surface area contributed by atoms with E-state index in [4.69, 9.17) is 5.26 Å². The molecule has 0 bridgehead atoms. The second kappa shape index (κ2) is 6.08. The summed E-state index contributed by atoms with van der Waals surface area (Å²) in [5.41, 5.74) is 2.60. The number of hydrogen-bond donors (Lipinski definition) is 1. The first kappa shape index (κ1) is 13.9. The summed E-state index contributed by atoms with van der Waals surface area (Å²) in [6, 6.07) is 11.8. The third-order valence-electron chi connectivity index (χ3n) is 3.83. The Morgan fingerprint density at radius 1 is 1.37 bits per heavy atom. The zero-order valence-corrected chi connectivity index (χ0v) is 12.1. The Morgan fingerprint density at radius 2 is 2.05 bits per heavy atom. The van der Waals surface area contributed by atoms with E-state index in [1.807, 2.05) is 0 Å². The SMILES string of the molecule is CC1CN(c2ccc(C(C)C)cc2)C(CC#N)CN1. The molecule has 102 valence electrons. The van der Waals surface area contributed by atoms with Gasteiger partial charge < -0.3 is 10.2 Å². The fourth-order valence-electron chi connectivity index (χ4n) is 2.61. The smallest absolute Gasteiger partial charge is 0.0643 e. The van der Waals surface area contributed by atoms with E-state index in [1.54, 1.807) is 0 Å². The van der Waals surface area contributed by atoms with E-state index in [1.165, 1.54) is 11.3 Å². The molecule has 1 aromatic carbocycles. The van der Waals surface area contributed by atoms with Gasteiger partial charge in [0.25, 0.3) is 0 Å². The Morgan fingerprint density at radius 3 is 2.63 bits per heavy atom. The van der Waals surface area contributed by atoms with Gasteiger partial charge in [0.2, 0.25) is 0 Å². The Bertz CT molecular complexity index is 444. The van der Waals surface area contributed by atoms with Gasteiger partial charge in [-0.15, -0.1) is 0 Å². The van der Waals surface area contributed by atoms with Crippen molar-refractivity contribution in [1.29, 1.82) is 5.26 Å². The van der Waals surface area contributed by atoms with Gasteiger partial charge in [-0.2, -0.15) is 5.26 Å². The van der Waals surface area contributed by atoms with E-state index < -0.39 is 0 Å². The summed E-state index contributed by atoms with van der Waals surface area (Å²) < 4.78 is 0. The molecule has 1 aromatic rings. The van der Waals surface area contributed by atoms with Gasteiger partial charge in [0.15, 0.2) is 0 Å². The third kappa shape index (κ3) is 3.27. The van der Waals surface area contributed by atoms with Gasteiger partial charge in [0.1, 0.15) is 0 Å². The third-order valence-corrected chi connectivity index (χ3v) is 3.83. The quantitative estimate of drug-likeness (QED) is 0.905. The molecular weight excluding hydrogens is 234 g/mol. The highest BCUT2D eigenvalue weighted by Crippen LogP contribution is 2.24. The van der Waals surface area contributed by atoms with Crippen molar-refractivity contribution in [2.24, 2.45) is 0 Å². The molecule has 3 nitrogen and oxygen atoms in total. The lowest BCUT2D eigenvalue weighted by Crippen LogP contribution is -2.55. The molecule has 0 amide bonds. The molecule has 0 aromatic heterocycles. The van der Waals surface area contributed by atoms with E-state index in [0.717, 1.165) is 13.1 Å². The lowest BCUT2D eigenvalue weighted by molar-refractivity contribution is 0.412. The normalized spacial score (nSPS) is 23.4. The fourth-order valence-corrected chi connectivity index (χ4v) is 2.61. The standard InChI is InChI=1S/C16H23N3/c1-12(2)14-4-6-15(7-5-14)19-11-13(3)18-10-16(19)8-9-17/h4-7,12-13,16,18H,8,10-11H2,1-3H3. The van der Waals surface area contributed by atoms with Gasteiger partial charge in [-0.1, -0.05) is 26.0 Å². The van der Waals surface area contributed by atoms with E-state index in [0.29, 0.717) is 18.4 Å². The maximum Gasteiger partial charge on any atom is 0.0643 e.